The Morgan fingerprint density at radius 2 is 2.24 bits per heavy atom. The number of carbonyl (C=O) groups excluding carboxylic acids is 1. The van der Waals surface area contributed by atoms with E-state index in [1.807, 2.05) is 0 Å². The Hall–Kier alpha value is -2.90. The van der Waals surface area contributed by atoms with Crippen LogP contribution in [0.5, 0.6) is 5.75 Å². The Morgan fingerprint density at radius 3 is 2.86 bits per heavy atom. The second-order valence-electron chi connectivity index (χ2n) is 3.89. The summed E-state index contributed by atoms with van der Waals surface area (Å²) in [5.41, 5.74) is 0.254. The van der Waals surface area contributed by atoms with Crippen molar-refractivity contribution in [2.45, 2.75) is 6.92 Å². The van der Waals surface area contributed by atoms with Crippen molar-refractivity contribution in [1.29, 1.82) is 0 Å². The molecular formula is C13H12N2O6. The fourth-order valence-corrected chi connectivity index (χ4v) is 1.77. The number of benzene rings is 1. The van der Waals surface area contributed by atoms with E-state index in [-0.39, 0.29) is 29.5 Å². The third-order valence-corrected chi connectivity index (χ3v) is 2.67. The second kappa shape index (κ2) is 6.04. The van der Waals surface area contributed by atoms with Crippen LogP contribution >= 0.6 is 0 Å². The van der Waals surface area contributed by atoms with Crippen LogP contribution in [0.25, 0.3) is 11.3 Å². The van der Waals surface area contributed by atoms with Crippen molar-refractivity contribution >= 4 is 11.7 Å². The molecule has 0 radical (unpaired) electrons. The normalized spacial score (nSPS) is 10.2. The number of aromatic nitrogens is 1. The molecule has 2 rings (SSSR count). The van der Waals surface area contributed by atoms with Crippen molar-refractivity contribution in [3.05, 3.63) is 40.4 Å². The molecule has 0 aliphatic heterocycles. The zero-order valence-electron chi connectivity index (χ0n) is 11.4. The van der Waals surface area contributed by atoms with Crippen molar-refractivity contribution in [1.82, 2.24) is 4.98 Å². The lowest BCUT2D eigenvalue weighted by molar-refractivity contribution is -0.385. The van der Waals surface area contributed by atoms with Crippen molar-refractivity contribution in [2.24, 2.45) is 0 Å². The van der Waals surface area contributed by atoms with Crippen molar-refractivity contribution < 1.29 is 23.6 Å². The van der Waals surface area contributed by atoms with E-state index < -0.39 is 10.9 Å². The molecule has 0 amide bonds. The maximum absolute atomic E-state index is 11.7. The summed E-state index contributed by atoms with van der Waals surface area (Å²) in [6.07, 6.45) is 1.11. The van der Waals surface area contributed by atoms with Gasteiger partial charge in [0.1, 0.15) is 0 Å². The number of hydrogen-bond acceptors (Lipinski definition) is 7. The van der Waals surface area contributed by atoms with E-state index in [2.05, 4.69) is 4.98 Å². The van der Waals surface area contributed by atoms with E-state index >= 15 is 0 Å². The molecule has 0 unspecified atom stereocenters. The number of nitro benzene ring substituents is 1. The minimum absolute atomic E-state index is 0.00718. The van der Waals surface area contributed by atoms with Gasteiger partial charge in [0.05, 0.1) is 18.6 Å². The van der Waals surface area contributed by atoms with Gasteiger partial charge in [-0.25, -0.2) is 9.78 Å². The molecule has 0 N–H and O–H groups in total. The Balaban J connectivity index is 2.46. The maximum atomic E-state index is 11.7. The average Bonchev–Trinajstić information content (AvgIpc) is 2.96. The largest absolute Gasteiger partial charge is 0.490 e. The number of hydrogen-bond donors (Lipinski definition) is 0. The Kier molecular flexibility index (Phi) is 4.17. The predicted octanol–water partition coefficient (Wildman–Crippen LogP) is 2.44. The van der Waals surface area contributed by atoms with Gasteiger partial charge in [0.2, 0.25) is 0 Å². The first-order valence-electron chi connectivity index (χ1n) is 6.01. The van der Waals surface area contributed by atoms with Gasteiger partial charge >= 0.3 is 11.7 Å². The van der Waals surface area contributed by atoms with Crippen molar-refractivity contribution in [3.8, 4) is 17.1 Å². The lowest BCUT2D eigenvalue weighted by Gasteiger charge is -2.05. The molecule has 0 saturated heterocycles. The Bertz CT molecular complexity index is 679. The molecule has 21 heavy (non-hydrogen) atoms. The lowest BCUT2D eigenvalue weighted by Crippen LogP contribution is -2.06. The third kappa shape index (κ3) is 2.83. The van der Waals surface area contributed by atoms with E-state index in [0.717, 1.165) is 6.39 Å². The highest BCUT2D eigenvalue weighted by molar-refractivity contribution is 5.93. The molecule has 110 valence electrons. The predicted molar refractivity (Wildman–Crippen MR) is 71.1 cm³/mol. The summed E-state index contributed by atoms with van der Waals surface area (Å²) in [6, 6.07) is 4.12. The van der Waals surface area contributed by atoms with E-state index in [4.69, 9.17) is 13.9 Å². The molecule has 0 bridgehead atoms. The van der Waals surface area contributed by atoms with Crippen LogP contribution in [-0.4, -0.2) is 29.6 Å². The lowest BCUT2D eigenvalue weighted by atomic mass is 10.1. The van der Waals surface area contributed by atoms with Crippen molar-refractivity contribution in [3.63, 3.8) is 0 Å². The highest BCUT2D eigenvalue weighted by atomic mass is 16.6. The van der Waals surface area contributed by atoms with Gasteiger partial charge < -0.3 is 13.9 Å². The Labute approximate surface area is 119 Å². The molecule has 2 aromatic rings. The number of methoxy groups -OCH3 is 1. The summed E-state index contributed by atoms with van der Waals surface area (Å²) < 4.78 is 15.0. The first-order chi connectivity index (χ1) is 10.1. The van der Waals surface area contributed by atoms with Crippen LogP contribution in [0.1, 0.15) is 17.4 Å². The molecular weight excluding hydrogens is 280 g/mol. The smallest absolute Gasteiger partial charge is 0.360 e. The van der Waals surface area contributed by atoms with Gasteiger partial charge in [0.15, 0.2) is 23.6 Å². The molecule has 8 nitrogen and oxygen atoms in total. The first-order valence-corrected chi connectivity index (χ1v) is 6.01. The van der Waals surface area contributed by atoms with Crippen LogP contribution in [0.4, 0.5) is 5.69 Å². The number of oxazole rings is 1. The van der Waals surface area contributed by atoms with E-state index in [0.29, 0.717) is 5.56 Å². The van der Waals surface area contributed by atoms with Gasteiger partial charge in [-0.1, -0.05) is 0 Å². The van der Waals surface area contributed by atoms with Crippen LogP contribution in [0, 0.1) is 10.1 Å². The van der Waals surface area contributed by atoms with Gasteiger partial charge in [-0.2, -0.15) is 0 Å². The second-order valence-corrected chi connectivity index (χ2v) is 3.89. The summed E-state index contributed by atoms with van der Waals surface area (Å²) in [5, 5.41) is 10.9. The van der Waals surface area contributed by atoms with Gasteiger partial charge in [-0.05, 0) is 19.1 Å². The van der Waals surface area contributed by atoms with Crippen LogP contribution in [0.3, 0.4) is 0 Å². The molecule has 1 aromatic heterocycles. The van der Waals surface area contributed by atoms with E-state index in [1.165, 1.54) is 25.3 Å². The van der Waals surface area contributed by atoms with Crippen LogP contribution in [0.15, 0.2) is 29.0 Å². The SMILES string of the molecule is CCOC(=O)c1ncoc1-c1ccc([N+](=O)[O-])c(OC)c1. The first kappa shape index (κ1) is 14.5. The average molecular weight is 292 g/mol. The summed E-state index contributed by atoms with van der Waals surface area (Å²) in [4.78, 5) is 25.8. The summed E-state index contributed by atoms with van der Waals surface area (Å²) >= 11 is 0. The van der Waals surface area contributed by atoms with Crippen LogP contribution in [-0.2, 0) is 4.74 Å². The molecule has 1 aromatic carbocycles. The Morgan fingerprint density at radius 1 is 1.48 bits per heavy atom. The minimum atomic E-state index is -0.626. The molecule has 0 spiro atoms. The summed E-state index contributed by atoms with van der Waals surface area (Å²) in [7, 11) is 1.32. The monoisotopic (exact) mass is 292 g/mol. The highest BCUT2D eigenvalue weighted by Gasteiger charge is 2.22. The summed E-state index contributed by atoms with van der Waals surface area (Å²) in [5.74, 6) is -0.399. The molecule has 0 saturated carbocycles. The standard InChI is InChI=1S/C13H12N2O6/c1-3-20-13(16)11-12(21-7-14-11)8-4-5-9(15(17)18)10(6-8)19-2/h4-7H,3H2,1-2H3. The molecule has 0 atom stereocenters. The number of rotatable bonds is 5. The van der Waals surface area contributed by atoms with E-state index in [1.54, 1.807) is 6.92 Å². The molecule has 0 aliphatic carbocycles. The number of nitro groups is 1. The third-order valence-electron chi connectivity index (χ3n) is 2.67. The number of nitrogens with zero attached hydrogens (tertiary/aromatic N) is 2. The van der Waals surface area contributed by atoms with Crippen LogP contribution < -0.4 is 4.74 Å². The summed E-state index contributed by atoms with van der Waals surface area (Å²) in [6.45, 7) is 1.88. The molecule has 8 heteroatoms. The topological polar surface area (TPSA) is 105 Å². The van der Waals surface area contributed by atoms with Gasteiger partial charge in [-0.3, -0.25) is 10.1 Å². The van der Waals surface area contributed by atoms with Gasteiger partial charge in [0.25, 0.3) is 0 Å². The maximum Gasteiger partial charge on any atom is 0.360 e. The zero-order chi connectivity index (χ0) is 15.4. The van der Waals surface area contributed by atoms with Gasteiger partial charge in [-0.15, -0.1) is 0 Å². The molecule has 0 fully saturated rings. The van der Waals surface area contributed by atoms with E-state index in [9.17, 15) is 14.9 Å². The van der Waals surface area contributed by atoms with Gasteiger partial charge in [0, 0.05) is 11.6 Å². The minimum Gasteiger partial charge on any atom is -0.490 e. The fourth-order valence-electron chi connectivity index (χ4n) is 1.77. The number of ether oxygens (including phenoxy) is 2. The highest BCUT2D eigenvalue weighted by Crippen LogP contribution is 2.33. The van der Waals surface area contributed by atoms with Crippen molar-refractivity contribution in [2.75, 3.05) is 13.7 Å². The molecule has 0 aliphatic rings. The van der Waals surface area contributed by atoms with Crippen LogP contribution in [0.2, 0.25) is 0 Å². The zero-order valence-corrected chi connectivity index (χ0v) is 11.4. The number of carbonyl (C=O) groups is 1. The molecule has 1 heterocycles. The fraction of sp³-hybridized carbons (Fsp3) is 0.231. The quantitative estimate of drug-likeness (QED) is 0.473. The number of esters is 1.